The Kier molecular flexibility index (Phi) is 1.25. The Morgan fingerprint density at radius 3 is 2.00 bits per heavy atom. The Morgan fingerprint density at radius 2 is 1.89 bits per heavy atom. The van der Waals surface area contributed by atoms with Crippen LogP contribution in [0.5, 0.6) is 0 Å². The highest BCUT2D eigenvalue weighted by Gasteiger charge is 2.37. The third kappa shape index (κ3) is 0.662. The van der Waals surface area contributed by atoms with Crippen molar-refractivity contribution in [1.82, 2.24) is 0 Å². The van der Waals surface area contributed by atoms with E-state index in [1.54, 1.807) is 0 Å². The summed E-state index contributed by atoms with van der Waals surface area (Å²) in [6.45, 7) is 9.95. The summed E-state index contributed by atoms with van der Waals surface area (Å²) in [7, 11) is 0. The van der Waals surface area contributed by atoms with Crippen LogP contribution in [0.1, 0.15) is 20.8 Å². The molecule has 0 saturated heterocycles. The van der Waals surface area contributed by atoms with Crippen molar-refractivity contribution in [2.24, 2.45) is 0 Å². The fourth-order valence-corrected chi connectivity index (χ4v) is 1.38. The molecule has 0 heterocycles. The first kappa shape index (κ1) is 6.88. The summed E-state index contributed by atoms with van der Waals surface area (Å²) in [4.78, 5) is -0.232. The van der Waals surface area contributed by atoms with Crippen LogP contribution < -0.4 is 0 Å². The molecule has 0 aromatic carbocycles. The lowest BCUT2D eigenvalue weighted by Gasteiger charge is -2.38. The van der Waals surface area contributed by atoms with Crippen LogP contribution in [-0.4, -0.2) is 4.87 Å². The van der Waals surface area contributed by atoms with E-state index in [9.17, 15) is 0 Å². The van der Waals surface area contributed by atoms with Crippen LogP contribution >= 0.6 is 11.6 Å². The maximum Gasteiger partial charge on any atom is 0.0876 e. The Balaban J connectivity index is 3.06. The first-order valence-corrected chi connectivity index (χ1v) is 3.42. The van der Waals surface area contributed by atoms with E-state index in [1.165, 1.54) is 11.1 Å². The molecule has 0 N–H and O–H groups in total. The molecule has 0 fully saturated rings. The van der Waals surface area contributed by atoms with Gasteiger partial charge in [0.1, 0.15) is 0 Å². The zero-order valence-electron chi connectivity index (χ0n) is 6.09. The van der Waals surface area contributed by atoms with Gasteiger partial charge in [0, 0.05) is 0 Å². The Labute approximate surface area is 61.2 Å². The molecule has 0 radical (unpaired) electrons. The second-order valence-electron chi connectivity index (χ2n) is 2.73. The number of halogens is 1. The van der Waals surface area contributed by atoms with Crippen LogP contribution in [0.25, 0.3) is 0 Å². The smallest absolute Gasteiger partial charge is 0.0876 e. The first-order valence-electron chi connectivity index (χ1n) is 3.04. The number of alkyl halides is 1. The van der Waals surface area contributed by atoms with E-state index < -0.39 is 0 Å². The lowest BCUT2D eigenvalue weighted by molar-refractivity contribution is 0.772. The lowest BCUT2D eigenvalue weighted by atomic mass is 9.75. The molecule has 0 aromatic heterocycles. The highest BCUT2D eigenvalue weighted by molar-refractivity contribution is 6.29. The molecular weight excluding hydrogens is 132 g/mol. The van der Waals surface area contributed by atoms with Crippen molar-refractivity contribution >= 4 is 11.6 Å². The van der Waals surface area contributed by atoms with Gasteiger partial charge in [-0.05, 0) is 37.5 Å². The molecule has 9 heavy (non-hydrogen) atoms. The molecule has 1 atom stereocenters. The minimum absolute atomic E-state index is 0.232. The molecular formula is C8H11Cl. The number of hydrogen-bond donors (Lipinski definition) is 0. The van der Waals surface area contributed by atoms with E-state index in [2.05, 4.69) is 20.4 Å². The highest BCUT2D eigenvalue weighted by atomic mass is 35.5. The van der Waals surface area contributed by atoms with Crippen molar-refractivity contribution in [3.63, 3.8) is 0 Å². The summed E-state index contributed by atoms with van der Waals surface area (Å²) in [5.41, 5.74) is 3.60. The molecule has 1 heteroatoms. The third-order valence-corrected chi connectivity index (χ3v) is 2.80. The summed E-state index contributed by atoms with van der Waals surface area (Å²) in [5, 5.41) is 0. The van der Waals surface area contributed by atoms with E-state index >= 15 is 0 Å². The van der Waals surface area contributed by atoms with Crippen molar-refractivity contribution < 1.29 is 0 Å². The topological polar surface area (TPSA) is 0 Å². The molecule has 1 unspecified atom stereocenters. The van der Waals surface area contributed by atoms with Gasteiger partial charge in [-0.2, -0.15) is 0 Å². The maximum atomic E-state index is 6.04. The van der Waals surface area contributed by atoms with Gasteiger partial charge in [0.05, 0.1) is 4.87 Å². The predicted molar refractivity (Wildman–Crippen MR) is 41.8 cm³/mol. The average Bonchev–Trinajstić information content (AvgIpc) is 1.84. The van der Waals surface area contributed by atoms with Gasteiger partial charge in [-0.3, -0.25) is 0 Å². The van der Waals surface area contributed by atoms with E-state index in [0.717, 1.165) is 5.57 Å². The highest BCUT2D eigenvalue weighted by Crippen LogP contribution is 2.46. The average molecular weight is 143 g/mol. The van der Waals surface area contributed by atoms with Gasteiger partial charge in [-0.15, -0.1) is 11.6 Å². The second kappa shape index (κ2) is 1.63. The summed E-state index contributed by atoms with van der Waals surface area (Å²) >= 11 is 6.04. The molecule has 0 aromatic rings. The minimum Gasteiger partial charge on any atom is -0.110 e. The lowest BCUT2D eigenvalue weighted by Crippen LogP contribution is -2.31. The van der Waals surface area contributed by atoms with Crippen LogP contribution in [-0.2, 0) is 0 Å². The molecule has 0 saturated carbocycles. The summed E-state index contributed by atoms with van der Waals surface area (Å²) in [5.74, 6) is 0. The van der Waals surface area contributed by atoms with Crippen LogP contribution in [0.4, 0.5) is 0 Å². The monoisotopic (exact) mass is 142 g/mol. The van der Waals surface area contributed by atoms with Crippen molar-refractivity contribution in [2.45, 2.75) is 25.6 Å². The Bertz CT molecular complexity index is 197. The molecule has 0 bridgehead atoms. The quantitative estimate of drug-likeness (QED) is 0.457. The van der Waals surface area contributed by atoms with Crippen molar-refractivity contribution in [3.8, 4) is 0 Å². The molecule has 50 valence electrons. The van der Waals surface area contributed by atoms with Crippen LogP contribution in [0.2, 0.25) is 0 Å². The Morgan fingerprint density at radius 1 is 1.44 bits per heavy atom. The number of allylic oxidation sites excluding steroid dienone is 3. The van der Waals surface area contributed by atoms with Crippen LogP contribution in [0.15, 0.2) is 23.3 Å². The number of rotatable bonds is 0. The maximum absolute atomic E-state index is 6.04. The van der Waals surface area contributed by atoms with Gasteiger partial charge in [-0.25, -0.2) is 0 Å². The molecule has 0 spiro atoms. The molecule has 0 aliphatic heterocycles. The van der Waals surface area contributed by atoms with Crippen molar-refractivity contribution in [2.75, 3.05) is 0 Å². The summed E-state index contributed by atoms with van der Waals surface area (Å²) in [6, 6.07) is 0. The van der Waals surface area contributed by atoms with Gasteiger partial charge in [0.15, 0.2) is 0 Å². The van der Waals surface area contributed by atoms with Crippen LogP contribution in [0, 0.1) is 0 Å². The molecule has 1 aliphatic carbocycles. The van der Waals surface area contributed by atoms with Crippen LogP contribution in [0.3, 0.4) is 0 Å². The normalized spacial score (nSPS) is 34.9. The van der Waals surface area contributed by atoms with Crippen molar-refractivity contribution in [3.05, 3.63) is 23.3 Å². The zero-order chi connectivity index (χ0) is 7.23. The summed E-state index contributed by atoms with van der Waals surface area (Å²) in [6.07, 6.45) is 0. The first-order chi connectivity index (χ1) is 3.98. The largest absolute Gasteiger partial charge is 0.110 e. The third-order valence-electron chi connectivity index (χ3n) is 2.29. The SMILES string of the molecule is C=C1C(C)=C(C)C1(C)Cl. The summed E-state index contributed by atoms with van der Waals surface area (Å²) < 4.78 is 0. The fourth-order valence-electron chi connectivity index (χ4n) is 1.09. The fraction of sp³-hybridized carbons (Fsp3) is 0.500. The van der Waals surface area contributed by atoms with E-state index in [4.69, 9.17) is 11.6 Å². The van der Waals surface area contributed by atoms with E-state index in [0.29, 0.717) is 0 Å². The van der Waals surface area contributed by atoms with Gasteiger partial charge in [-0.1, -0.05) is 6.58 Å². The molecule has 0 nitrogen and oxygen atoms in total. The molecule has 1 rings (SSSR count). The van der Waals surface area contributed by atoms with Crippen molar-refractivity contribution in [1.29, 1.82) is 0 Å². The molecule has 0 amide bonds. The van der Waals surface area contributed by atoms with Gasteiger partial charge in [0.2, 0.25) is 0 Å². The second-order valence-corrected chi connectivity index (χ2v) is 3.49. The standard InChI is InChI=1S/C8H11Cl/c1-5-6(2)8(4,9)7(5)3/h2H2,1,3-4H3. The Hall–Kier alpha value is -0.230. The number of hydrogen-bond acceptors (Lipinski definition) is 0. The van der Waals surface area contributed by atoms with Gasteiger partial charge < -0.3 is 0 Å². The van der Waals surface area contributed by atoms with E-state index in [-0.39, 0.29) is 4.87 Å². The molecule has 1 aliphatic rings. The van der Waals surface area contributed by atoms with E-state index in [1.807, 2.05) is 6.92 Å². The van der Waals surface area contributed by atoms with Gasteiger partial charge >= 0.3 is 0 Å². The van der Waals surface area contributed by atoms with Gasteiger partial charge in [0.25, 0.3) is 0 Å². The zero-order valence-corrected chi connectivity index (χ0v) is 6.84. The predicted octanol–water partition coefficient (Wildman–Crippen LogP) is 2.89. The minimum atomic E-state index is -0.232.